The largest absolute Gasteiger partial charge is 0.417 e. The number of hydrogen-bond acceptors (Lipinski definition) is 3. The summed E-state index contributed by atoms with van der Waals surface area (Å²) in [5.41, 5.74) is 5.66. The first-order valence-corrected chi connectivity index (χ1v) is 7.16. The van der Waals surface area contributed by atoms with E-state index in [0.29, 0.717) is 12.1 Å². The van der Waals surface area contributed by atoms with Gasteiger partial charge in [0, 0.05) is 23.4 Å². The van der Waals surface area contributed by atoms with E-state index in [9.17, 15) is 13.2 Å². The molecule has 0 saturated heterocycles. The Bertz CT molecular complexity index is 578. The van der Waals surface area contributed by atoms with E-state index in [0.717, 1.165) is 17.5 Å². The van der Waals surface area contributed by atoms with Crippen LogP contribution in [0.25, 0.3) is 11.3 Å². The highest BCUT2D eigenvalue weighted by atomic mass is 32.1. The average molecular weight is 300 g/mol. The molecule has 108 valence electrons. The first-order valence-electron chi connectivity index (χ1n) is 6.28. The molecule has 0 spiro atoms. The summed E-state index contributed by atoms with van der Waals surface area (Å²) in [6.45, 7) is 1.97. The van der Waals surface area contributed by atoms with Crippen molar-refractivity contribution in [2.24, 2.45) is 5.73 Å². The third-order valence-corrected chi connectivity index (χ3v) is 3.89. The number of nitrogens with two attached hydrogens (primary N) is 1. The minimum Gasteiger partial charge on any atom is -0.327 e. The predicted molar refractivity (Wildman–Crippen MR) is 74.5 cm³/mol. The molecule has 1 aromatic heterocycles. The van der Waals surface area contributed by atoms with Crippen LogP contribution in [-0.2, 0) is 12.6 Å². The molecular weight excluding hydrogens is 285 g/mol. The van der Waals surface area contributed by atoms with Gasteiger partial charge in [-0.3, -0.25) is 0 Å². The van der Waals surface area contributed by atoms with E-state index < -0.39 is 11.7 Å². The highest BCUT2D eigenvalue weighted by molar-refractivity contribution is 7.09. The summed E-state index contributed by atoms with van der Waals surface area (Å²) < 4.78 is 38.9. The minimum atomic E-state index is -4.37. The SMILES string of the molecule is CCC(N)Cc1nc(-c2ccccc2C(F)(F)F)cs1. The zero-order valence-corrected chi connectivity index (χ0v) is 11.8. The van der Waals surface area contributed by atoms with Gasteiger partial charge in [-0.15, -0.1) is 11.3 Å². The minimum absolute atomic E-state index is 0.00754. The molecule has 0 radical (unpaired) electrons. The lowest BCUT2D eigenvalue weighted by atomic mass is 10.1. The molecule has 0 fully saturated rings. The Kier molecular flexibility index (Phi) is 4.45. The number of benzene rings is 1. The third-order valence-electron chi connectivity index (χ3n) is 3.02. The van der Waals surface area contributed by atoms with E-state index in [4.69, 9.17) is 5.73 Å². The quantitative estimate of drug-likeness (QED) is 0.923. The molecule has 1 atom stereocenters. The van der Waals surface area contributed by atoms with Gasteiger partial charge >= 0.3 is 6.18 Å². The molecular formula is C14H15F3N2S. The van der Waals surface area contributed by atoms with E-state index in [1.165, 1.54) is 23.5 Å². The lowest BCUT2D eigenvalue weighted by Gasteiger charge is -2.10. The van der Waals surface area contributed by atoms with Gasteiger partial charge in [0.2, 0.25) is 0 Å². The van der Waals surface area contributed by atoms with Crippen LogP contribution in [0.15, 0.2) is 29.6 Å². The second kappa shape index (κ2) is 5.93. The molecule has 0 amide bonds. The summed E-state index contributed by atoms with van der Waals surface area (Å²) in [4.78, 5) is 4.28. The maximum Gasteiger partial charge on any atom is 0.417 e. The number of rotatable bonds is 4. The van der Waals surface area contributed by atoms with Crippen LogP contribution in [0.4, 0.5) is 13.2 Å². The molecule has 0 aliphatic heterocycles. The number of hydrogen-bond donors (Lipinski definition) is 1. The number of thiazole rings is 1. The van der Waals surface area contributed by atoms with E-state index in [1.807, 2.05) is 6.92 Å². The van der Waals surface area contributed by atoms with Crippen LogP contribution < -0.4 is 5.73 Å². The number of nitrogens with zero attached hydrogens (tertiary/aromatic N) is 1. The fraction of sp³-hybridized carbons (Fsp3) is 0.357. The normalized spacial score (nSPS) is 13.4. The predicted octanol–water partition coefficient (Wildman–Crippen LogP) is 4.11. The average Bonchev–Trinajstić information content (AvgIpc) is 2.86. The van der Waals surface area contributed by atoms with Crippen molar-refractivity contribution >= 4 is 11.3 Å². The summed E-state index contributed by atoms with van der Waals surface area (Å²) in [6, 6.07) is 5.48. The lowest BCUT2D eigenvalue weighted by molar-refractivity contribution is -0.137. The van der Waals surface area contributed by atoms with Gasteiger partial charge in [-0.1, -0.05) is 25.1 Å². The maximum absolute atomic E-state index is 13.0. The van der Waals surface area contributed by atoms with Crippen molar-refractivity contribution in [1.82, 2.24) is 4.98 Å². The molecule has 1 aromatic carbocycles. The van der Waals surface area contributed by atoms with Crippen LogP contribution in [0.2, 0.25) is 0 Å². The lowest BCUT2D eigenvalue weighted by Crippen LogP contribution is -2.21. The molecule has 2 rings (SSSR count). The summed E-state index contributed by atoms with van der Waals surface area (Å²) in [5, 5.41) is 2.42. The number of halogens is 3. The highest BCUT2D eigenvalue weighted by Gasteiger charge is 2.33. The smallest absolute Gasteiger partial charge is 0.327 e. The highest BCUT2D eigenvalue weighted by Crippen LogP contribution is 2.37. The Hall–Kier alpha value is -1.40. The molecule has 2 N–H and O–H groups in total. The van der Waals surface area contributed by atoms with Crippen molar-refractivity contribution < 1.29 is 13.2 Å². The van der Waals surface area contributed by atoms with Crippen LogP contribution in [-0.4, -0.2) is 11.0 Å². The molecule has 2 aromatic rings. The van der Waals surface area contributed by atoms with Gasteiger partial charge in [-0.25, -0.2) is 4.98 Å². The fourth-order valence-electron chi connectivity index (χ4n) is 1.85. The molecule has 0 aliphatic rings. The summed E-state index contributed by atoms with van der Waals surface area (Å²) in [6.07, 6.45) is -2.97. The Balaban J connectivity index is 2.33. The second-order valence-corrected chi connectivity index (χ2v) is 5.48. The van der Waals surface area contributed by atoms with Crippen molar-refractivity contribution in [3.05, 3.63) is 40.2 Å². The van der Waals surface area contributed by atoms with Crippen molar-refractivity contribution in [2.45, 2.75) is 32.0 Å². The Morgan fingerprint density at radius 3 is 2.65 bits per heavy atom. The molecule has 20 heavy (non-hydrogen) atoms. The van der Waals surface area contributed by atoms with E-state index in [-0.39, 0.29) is 11.6 Å². The monoisotopic (exact) mass is 300 g/mol. The first kappa shape index (κ1) is 15.0. The fourth-order valence-corrected chi connectivity index (χ4v) is 2.74. The molecule has 6 heteroatoms. The van der Waals surface area contributed by atoms with E-state index in [1.54, 1.807) is 11.4 Å². The second-order valence-electron chi connectivity index (χ2n) is 4.54. The van der Waals surface area contributed by atoms with Crippen molar-refractivity contribution in [3.63, 3.8) is 0 Å². The molecule has 0 bridgehead atoms. The van der Waals surface area contributed by atoms with Gasteiger partial charge in [0.05, 0.1) is 16.3 Å². The van der Waals surface area contributed by atoms with E-state index in [2.05, 4.69) is 4.98 Å². The first-order chi connectivity index (χ1) is 9.41. The number of aromatic nitrogens is 1. The van der Waals surface area contributed by atoms with Crippen molar-refractivity contribution in [2.75, 3.05) is 0 Å². The maximum atomic E-state index is 13.0. The van der Waals surface area contributed by atoms with Crippen LogP contribution in [0.5, 0.6) is 0 Å². The summed E-state index contributed by atoms with van der Waals surface area (Å²) in [7, 11) is 0. The van der Waals surface area contributed by atoms with Gasteiger partial charge in [0.15, 0.2) is 0 Å². The molecule has 2 nitrogen and oxygen atoms in total. The Morgan fingerprint density at radius 2 is 2.00 bits per heavy atom. The summed E-state index contributed by atoms with van der Waals surface area (Å²) >= 11 is 1.35. The van der Waals surface area contributed by atoms with Crippen molar-refractivity contribution in [1.29, 1.82) is 0 Å². The van der Waals surface area contributed by atoms with Gasteiger partial charge in [-0.2, -0.15) is 13.2 Å². The topological polar surface area (TPSA) is 38.9 Å². The van der Waals surface area contributed by atoms with Gasteiger partial charge < -0.3 is 5.73 Å². The van der Waals surface area contributed by atoms with Crippen LogP contribution >= 0.6 is 11.3 Å². The standard InChI is InChI=1S/C14H15F3N2S/c1-2-9(18)7-13-19-12(8-20-13)10-5-3-4-6-11(10)14(15,16)17/h3-6,8-9H,2,7,18H2,1H3. The molecule has 0 saturated carbocycles. The van der Waals surface area contributed by atoms with E-state index >= 15 is 0 Å². The van der Waals surface area contributed by atoms with Crippen LogP contribution in [0, 0.1) is 0 Å². The molecule has 1 unspecified atom stereocenters. The van der Waals surface area contributed by atoms with Gasteiger partial charge in [0.25, 0.3) is 0 Å². The zero-order valence-electron chi connectivity index (χ0n) is 10.9. The van der Waals surface area contributed by atoms with Crippen LogP contribution in [0.1, 0.15) is 23.9 Å². The third kappa shape index (κ3) is 3.37. The zero-order chi connectivity index (χ0) is 14.8. The number of alkyl halides is 3. The van der Waals surface area contributed by atoms with Crippen molar-refractivity contribution in [3.8, 4) is 11.3 Å². The Morgan fingerprint density at radius 1 is 1.30 bits per heavy atom. The molecule has 0 aliphatic carbocycles. The van der Waals surface area contributed by atoms with Gasteiger partial charge in [0.1, 0.15) is 0 Å². The Labute approximate surface area is 119 Å². The molecule has 1 heterocycles. The van der Waals surface area contributed by atoms with Gasteiger partial charge in [-0.05, 0) is 12.5 Å². The summed E-state index contributed by atoms with van der Waals surface area (Å²) in [5.74, 6) is 0. The van der Waals surface area contributed by atoms with Crippen LogP contribution in [0.3, 0.4) is 0 Å².